The van der Waals surface area contributed by atoms with E-state index in [0.717, 1.165) is 4.57 Å². The number of carbonyl (C=O) groups is 1. The number of aryl methyl sites for hydroxylation is 1. The molecule has 0 saturated heterocycles. The van der Waals surface area contributed by atoms with Crippen LogP contribution in [-0.4, -0.2) is 20.6 Å². The van der Waals surface area contributed by atoms with Crippen LogP contribution >= 0.6 is 0 Å². The number of aliphatic carboxylic acids is 1. The first-order valence-corrected chi connectivity index (χ1v) is 4.77. The van der Waals surface area contributed by atoms with Crippen molar-refractivity contribution in [2.75, 3.05) is 0 Å². The lowest BCUT2D eigenvalue weighted by Crippen LogP contribution is -2.27. The molecule has 0 aliphatic heterocycles. The minimum absolute atomic E-state index is 0.314. The Bertz CT molecular complexity index is 616. The molecule has 0 fully saturated rings. The fourth-order valence-corrected chi connectivity index (χ4v) is 1.60. The monoisotopic (exact) mass is 218 g/mol. The van der Waals surface area contributed by atoms with Gasteiger partial charge in [-0.25, -0.2) is 4.98 Å². The van der Waals surface area contributed by atoms with Crippen molar-refractivity contribution in [3.05, 3.63) is 40.4 Å². The second-order valence-corrected chi connectivity index (χ2v) is 3.46. The number of benzene rings is 1. The molecule has 0 unspecified atom stereocenters. The van der Waals surface area contributed by atoms with Gasteiger partial charge >= 0.3 is 5.97 Å². The minimum atomic E-state index is -1.05. The van der Waals surface area contributed by atoms with Crippen molar-refractivity contribution >= 4 is 16.9 Å². The summed E-state index contributed by atoms with van der Waals surface area (Å²) < 4.78 is 1.16. The summed E-state index contributed by atoms with van der Waals surface area (Å²) in [7, 11) is 0. The van der Waals surface area contributed by atoms with Crippen LogP contribution in [0.25, 0.3) is 10.9 Å². The maximum Gasteiger partial charge on any atom is 0.323 e. The Balaban J connectivity index is 2.76. The number of para-hydroxylation sites is 1. The SMILES string of the molecule is Cc1nc2ccccc2c(=O)n1CC(=O)O. The van der Waals surface area contributed by atoms with Crippen LogP contribution in [0.3, 0.4) is 0 Å². The molecule has 1 aromatic carbocycles. The van der Waals surface area contributed by atoms with E-state index in [-0.39, 0.29) is 12.1 Å². The molecule has 16 heavy (non-hydrogen) atoms. The predicted molar refractivity (Wildman–Crippen MR) is 58.4 cm³/mol. The first-order chi connectivity index (χ1) is 7.59. The van der Waals surface area contributed by atoms with Crippen LogP contribution in [0.2, 0.25) is 0 Å². The average Bonchev–Trinajstić information content (AvgIpc) is 2.24. The third kappa shape index (κ3) is 1.67. The van der Waals surface area contributed by atoms with Gasteiger partial charge in [0.05, 0.1) is 10.9 Å². The van der Waals surface area contributed by atoms with Crippen LogP contribution in [0, 0.1) is 6.92 Å². The maximum absolute atomic E-state index is 11.9. The molecule has 2 rings (SSSR count). The topological polar surface area (TPSA) is 72.2 Å². The first-order valence-electron chi connectivity index (χ1n) is 4.77. The largest absolute Gasteiger partial charge is 0.480 e. The highest BCUT2D eigenvalue weighted by atomic mass is 16.4. The van der Waals surface area contributed by atoms with Crippen molar-refractivity contribution < 1.29 is 9.90 Å². The van der Waals surface area contributed by atoms with E-state index in [0.29, 0.717) is 16.7 Å². The normalized spacial score (nSPS) is 10.6. The quantitative estimate of drug-likeness (QED) is 0.808. The molecule has 0 radical (unpaired) electrons. The Labute approximate surface area is 91.0 Å². The van der Waals surface area contributed by atoms with Crippen LogP contribution in [0.15, 0.2) is 29.1 Å². The summed E-state index contributed by atoms with van der Waals surface area (Å²) >= 11 is 0. The van der Waals surface area contributed by atoms with Gasteiger partial charge in [0.15, 0.2) is 0 Å². The number of hydrogen-bond acceptors (Lipinski definition) is 3. The van der Waals surface area contributed by atoms with Gasteiger partial charge in [-0.1, -0.05) is 12.1 Å². The Kier molecular flexibility index (Phi) is 2.44. The fraction of sp³-hybridized carbons (Fsp3) is 0.182. The molecule has 0 spiro atoms. The molecular formula is C11H10N2O3. The molecule has 1 N–H and O–H groups in total. The minimum Gasteiger partial charge on any atom is -0.480 e. The molecule has 0 aliphatic carbocycles. The van der Waals surface area contributed by atoms with Gasteiger partial charge in [0.1, 0.15) is 12.4 Å². The zero-order valence-corrected chi connectivity index (χ0v) is 8.67. The van der Waals surface area contributed by atoms with Gasteiger partial charge in [-0.3, -0.25) is 14.2 Å². The summed E-state index contributed by atoms with van der Waals surface area (Å²) in [6.45, 7) is 1.26. The molecular weight excluding hydrogens is 208 g/mol. The van der Waals surface area contributed by atoms with E-state index in [1.807, 2.05) is 0 Å². The summed E-state index contributed by atoms with van der Waals surface area (Å²) in [5.74, 6) is -0.645. The summed E-state index contributed by atoms with van der Waals surface area (Å²) in [5, 5.41) is 9.14. The number of nitrogens with zero attached hydrogens (tertiary/aromatic N) is 2. The molecule has 5 nitrogen and oxygen atoms in total. The van der Waals surface area contributed by atoms with Gasteiger partial charge in [-0.15, -0.1) is 0 Å². The average molecular weight is 218 g/mol. The molecule has 0 saturated carbocycles. The Morgan fingerprint density at radius 2 is 2.12 bits per heavy atom. The highest BCUT2D eigenvalue weighted by molar-refractivity contribution is 5.77. The van der Waals surface area contributed by atoms with E-state index in [2.05, 4.69) is 4.98 Å². The van der Waals surface area contributed by atoms with Crippen molar-refractivity contribution in [2.24, 2.45) is 0 Å². The lowest BCUT2D eigenvalue weighted by molar-refractivity contribution is -0.137. The number of fused-ring (bicyclic) bond motifs is 1. The zero-order valence-electron chi connectivity index (χ0n) is 8.67. The number of aromatic nitrogens is 2. The van der Waals surface area contributed by atoms with Gasteiger partial charge in [0.2, 0.25) is 0 Å². The van der Waals surface area contributed by atoms with E-state index < -0.39 is 5.97 Å². The van der Waals surface area contributed by atoms with Crippen molar-refractivity contribution in [1.82, 2.24) is 9.55 Å². The lowest BCUT2D eigenvalue weighted by Gasteiger charge is -2.07. The second kappa shape index (κ2) is 3.77. The van der Waals surface area contributed by atoms with E-state index in [4.69, 9.17) is 5.11 Å². The smallest absolute Gasteiger partial charge is 0.323 e. The Hall–Kier alpha value is -2.17. The fourth-order valence-electron chi connectivity index (χ4n) is 1.60. The van der Waals surface area contributed by atoms with E-state index in [9.17, 15) is 9.59 Å². The third-order valence-corrected chi connectivity index (χ3v) is 2.35. The molecule has 0 amide bonds. The summed E-state index contributed by atoms with van der Waals surface area (Å²) in [5.41, 5.74) is 0.275. The Morgan fingerprint density at radius 1 is 1.44 bits per heavy atom. The molecule has 5 heteroatoms. The zero-order chi connectivity index (χ0) is 11.7. The summed E-state index contributed by atoms with van der Waals surface area (Å²) in [4.78, 5) is 26.8. The van der Waals surface area contributed by atoms with Crippen molar-refractivity contribution in [1.29, 1.82) is 0 Å². The van der Waals surface area contributed by atoms with Gasteiger partial charge < -0.3 is 5.11 Å². The molecule has 0 aliphatic rings. The number of rotatable bonds is 2. The molecule has 0 bridgehead atoms. The summed E-state index contributed by atoms with van der Waals surface area (Å²) in [6.07, 6.45) is 0. The summed E-state index contributed by atoms with van der Waals surface area (Å²) in [6, 6.07) is 6.89. The van der Waals surface area contributed by atoms with Gasteiger partial charge in [0.25, 0.3) is 5.56 Å². The van der Waals surface area contributed by atoms with Crippen molar-refractivity contribution in [2.45, 2.75) is 13.5 Å². The highest BCUT2D eigenvalue weighted by Crippen LogP contribution is 2.06. The van der Waals surface area contributed by atoms with E-state index >= 15 is 0 Å². The lowest BCUT2D eigenvalue weighted by atomic mass is 10.2. The van der Waals surface area contributed by atoms with E-state index in [1.165, 1.54) is 0 Å². The van der Waals surface area contributed by atoms with Crippen LogP contribution in [-0.2, 0) is 11.3 Å². The van der Waals surface area contributed by atoms with Crippen LogP contribution in [0.5, 0.6) is 0 Å². The highest BCUT2D eigenvalue weighted by Gasteiger charge is 2.09. The predicted octanol–water partition coefficient (Wildman–Crippen LogP) is 0.790. The molecule has 1 aromatic heterocycles. The van der Waals surface area contributed by atoms with Gasteiger partial charge in [0, 0.05) is 0 Å². The number of carboxylic acid groups (broad SMARTS) is 1. The van der Waals surface area contributed by atoms with Crippen LogP contribution < -0.4 is 5.56 Å². The molecule has 2 aromatic rings. The second-order valence-electron chi connectivity index (χ2n) is 3.46. The van der Waals surface area contributed by atoms with Crippen LogP contribution in [0.4, 0.5) is 0 Å². The molecule has 0 atom stereocenters. The van der Waals surface area contributed by atoms with Crippen LogP contribution in [0.1, 0.15) is 5.82 Å². The third-order valence-electron chi connectivity index (χ3n) is 2.35. The first kappa shape index (κ1) is 10.4. The van der Waals surface area contributed by atoms with E-state index in [1.54, 1.807) is 31.2 Å². The number of hydrogen-bond donors (Lipinski definition) is 1. The van der Waals surface area contributed by atoms with Crippen molar-refractivity contribution in [3.8, 4) is 0 Å². The molecule has 1 heterocycles. The molecule has 82 valence electrons. The standard InChI is InChI=1S/C11H10N2O3/c1-7-12-9-5-3-2-4-8(9)11(16)13(7)6-10(14)15/h2-5H,6H2,1H3,(H,14,15). The van der Waals surface area contributed by atoms with Gasteiger partial charge in [-0.05, 0) is 19.1 Å². The van der Waals surface area contributed by atoms with Crippen molar-refractivity contribution in [3.63, 3.8) is 0 Å². The maximum atomic E-state index is 11.9. The Morgan fingerprint density at radius 3 is 2.81 bits per heavy atom. The van der Waals surface area contributed by atoms with Gasteiger partial charge in [-0.2, -0.15) is 0 Å². The number of carboxylic acids is 1.